The molecule has 1 aliphatic heterocycles. The zero-order chi connectivity index (χ0) is 24.1. The summed E-state index contributed by atoms with van der Waals surface area (Å²) < 4.78 is 1.74. The second kappa shape index (κ2) is 7.92. The van der Waals surface area contributed by atoms with E-state index in [0.29, 0.717) is 29.7 Å². The number of amides is 1. The van der Waals surface area contributed by atoms with Crippen LogP contribution in [0.15, 0.2) is 12.4 Å². The van der Waals surface area contributed by atoms with Gasteiger partial charge in [-0.05, 0) is 104 Å². The van der Waals surface area contributed by atoms with Gasteiger partial charge in [-0.3, -0.25) is 14.3 Å². The summed E-state index contributed by atoms with van der Waals surface area (Å²) in [5, 5.41) is 4.44. The van der Waals surface area contributed by atoms with E-state index < -0.39 is 0 Å². The first-order valence-electron chi connectivity index (χ1n) is 14.7. The Morgan fingerprint density at radius 3 is 2.60 bits per heavy atom. The van der Waals surface area contributed by atoms with E-state index in [1.165, 1.54) is 44.9 Å². The molecule has 0 spiro atoms. The Morgan fingerprint density at radius 2 is 1.83 bits per heavy atom. The highest BCUT2D eigenvalue weighted by Crippen LogP contribution is 2.76. The van der Waals surface area contributed by atoms with Gasteiger partial charge in [0.05, 0.1) is 18.3 Å². The van der Waals surface area contributed by atoms with Gasteiger partial charge in [0.15, 0.2) is 5.78 Å². The van der Waals surface area contributed by atoms with Gasteiger partial charge in [0.25, 0.3) is 5.91 Å². The van der Waals surface area contributed by atoms with Crippen molar-refractivity contribution in [3.63, 3.8) is 0 Å². The summed E-state index contributed by atoms with van der Waals surface area (Å²) in [6, 6.07) is 0. The minimum Gasteiger partial charge on any atom is -0.338 e. The zero-order valence-corrected chi connectivity index (χ0v) is 21.9. The maximum absolute atomic E-state index is 13.9. The second-order valence-electron chi connectivity index (χ2n) is 13.8. The summed E-state index contributed by atoms with van der Waals surface area (Å²) >= 11 is 0. The number of ketones is 1. The Kier molecular flexibility index (Phi) is 5.10. The van der Waals surface area contributed by atoms with Crippen LogP contribution in [-0.4, -0.2) is 39.5 Å². The maximum Gasteiger partial charge on any atom is 0.257 e. The van der Waals surface area contributed by atoms with Gasteiger partial charge in [-0.15, -0.1) is 0 Å². The topological polar surface area (TPSA) is 55.2 Å². The fraction of sp³-hybridized carbons (Fsp3) is 0.833. The van der Waals surface area contributed by atoms with Crippen LogP contribution in [0.1, 0.15) is 82.5 Å². The lowest BCUT2D eigenvalue weighted by Crippen LogP contribution is -2.51. The monoisotopic (exact) mass is 477 g/mol. The number of aromatic nitrogens is 2. The Hall–Kier alpha value is -1.65. The minimum absolute atomic E-state index is 0.0600. The molecule has 1 aromatic heterocycles. The van der Waals surface area contributed by atoms with Gasteiger partial charge in [0.2, 0.25) is 0 Å². The number of fused-ring (bicyclic) bond motifs is 7. The molecule has 190 valence electrons. The number of carbonyl (C=O) groups is 2. The van der Waals surface area contributed by atoms with Crippen LogP contribution in [0.3, 0.4) is 0 Å². The first kappa shape index (κ1) is 22.5. The molecular formula is C30H43N3O2. The van der Waals surface area contributed by atoms with Gasteiger partial charge < -0.3 is 4.90 Å². The van der Waals surface area contributed by atoms with Gasteiger partial charge in [-0.1, -0.05) is 27.2 Å². The van der Waals surface area contributed by atoms with Crippen molar-refractivity contribution in [3.8, 4) is 0 Å². The molecule has 2 heterocycles. The van der Waals surface area contributed by atoms with Crippen LogP contribution in [-0.2, 0) is 11.3 Å². The average Bonchev–Trinajstić information content (AvgIpc) is 3.12. The highest BCUT2D eigenvalue weighted by atomic mass is 16.2. The molecule has 35 heavy (non-hydrogen) atoms. The number of likely N-dealkylation sites (tertiary alicyclic amines) is 1. The smallest absolute Gasteiger partial charge is 0.257 e. The van der Waals surface area contributed by atoms with E-state index in [4.69, 9.17) is 0 Å². The molecule has 6 aliphatic rings. The van der Waals surface area contributed by atoms with Gasteiger partial charge in [-0.2, -0.15) is 5.10 Å². The number of nitrogens with zero attached hydrogens (tertiary/aromatic N) is 3. The Balaban J connectivity index is 1.10. The number of hydrogen-bond donors (Lipinski definition) is 0. The standard InChI is InChI=1S/C30H43N3O2/c1-17-5-7-21-19(13-17)6-8-23-22(21)9-10-30(3)27(23)25-18(2)26(25)28(30)24(34)16-33-15-20(14-31-33)29(35)32-11-4-12-32/h14-15,17-19,21-23,25-28H,4-13,16H2,1-3H3/t17-,18-,19+,21-,22+,23+,25+,26-,27?,28-,30-/m0/s1. The van der Waals surface area contributed by atoms with Gasteiger partial charge in [0, 0.05) is 25.2 Å². The number of carbonyl (C=O) groups excluding carboxylic acids is 2. The molecule has 1 unspecified atom stereocenters. The van der Waals surface area contributed by atoms with Crippen molar-refractivity contribution in [1.29, 1.82) is 0 Å². The van der Waals surface area contributed by atoms with Crippen molar-refractivity contribution in [2.24, 2.45) is 64.6 Å². The summed E-state index contributed by atoms with van der Waals surface area (Å²) in [7, 11) is 0. The molecule has 7 rings (SSSR count). The van der Waals surface area contributed by atoms with Crippen LogP contribution >= 0.6 is 0 Å². The van der Waals surface area contributed by atoms with Crippen molar-refractivity contribution >= 4 is 11.7 Å². The van der Waals surface area contributed by atoms with E-state index in [2.05, 4.69) is 25.9 Å². The van der Waals surface area contributed by atoms with E-state index in [1.54, 1.807) is 10.9 Å². The molecule has 5 aliphatic carbocycles. The highest BCUT2D eigenvalue weighted by Gasteiger charge is 2.73. The number of hydrogen-bond acceptors (Lipinski definition) is 3. The predicted molar refractivity (Wildman–Crippen MR) is 134 cm³/mol. The van der Waals surface area contributed by atoms with Crippen LogP contribution < -0.4 is 0 Å². The van der Waals surface area contributed by atoms with Gasteiger partial charge in [-0.25, -0.2) is 0 Å². The van der Waals surface area contributed by atoms with E-state index >= 15 is 0 Å². The second-order valence-corrected chi connectivity index (χ2v) is 13.8. The number of rotatable bonds is 4. The van der Waals surface area contributed by atoms with Crippen LogP contribution in [0.25, 0.3) is 0 Å². The maximum atomic E-state index is 13.9. The fourth-order valence-corrected chi connectivity index (χ4v) is 10.6. The first-order chi connectivity index (χ1) is 16.9. The molecule has 1 amide bonds. The molecule has 1 saturated heterocycles. The molecule has 5 saturated carbocycles. The van der Waals surface area contributed by atoms with E-state index in [1.807, 2.05) is 11.1 Å². The highest BCUT2D eigenvalue weighted by molar-refractivity contribution is 5.94. The third-order valence-corrected chi connectivity index (χ3v) is 12.2. The largest absolute Gasteiger partial charge is 0.338 e. The van der Waals surface area contributed by atoms with Crippen molar-refractivity contribution < 1.29 is 9.59 Å². The molecule has 0 bridgehead atoms. The van der Waals surface area contributed by atoms with Crippen molar-refractivity contribution in [2.75, 3.05) is 13.1 Å². The molecule has 11 atom stereocenters. The lowest BCUT2D eigenvalue weighted by molar-refractivity contribution is -0.135. The predicted octanol–water partition coefficient (Wildman–Crippen LogP) is 5.30. The van der Waals surface area contributed by atoms with Crippen molar-refractivity contribution in [1.82, 2.24) is 14.7 Å². The van der Waals surface area contributed by atoms with E-state index in [-0.39, 0.29) is 17.2 Å². The molecule has 1 aromatic rings. The molecule has 0 aromatic carbocycles. The summed E-state index contributed by atoms with van der Waals surface area (Å²) in [5.41, 5.74) is 0.794. The third-order valence-electron chi connectivity index (χ3n) is 12.2. The normalized spacial score (nSPS) is 47.7. The summed E-state index contributed by atoms with van der Waals surface area (Å²) in [6.07, 6.45) is 14.3. The Labute approximate surface area is 210 Å². The lowest BCUT2D eigenvalue weighted by atomic mass is 9.47. The Bertz CT molecular complexity index is 1030. The summed E-state index contributed by atoms with van der Waals surface area (Å²) in [5.74, 6) is 8.04. The van der Waals surface area contributed by atoms with Crippen molar-refractivity contribution in [2.45, 2.75) is 78.7 Å². The Morgan fingerprint density at radius 1 is 1.03 bits per heavy atom. The van der Waals surface area contributed by atoms with Crippen molar-refractivity contribution in [3.05, 3.63) is 18.0 Å². The molecule has 0 radical (unpaired) electrons. The molecule has 5 heteroatoms. The van der Waals surface area contributed by atoms with Gasteiger partial charge >= 0.3 is 0 Å². The average molecular weight is 478 g/mol. The van der Waals surface area contributed by atoms with Gasteiger partial charge in [0.1, 0.15) is 0 Å². The van der Waals surface area contributed by atoms with Crippen LogP contribution in [0.4, 0.5) is 0 Å². The number of Topliss-reactive ketones (excluding diaryl/α,β-unsaturated/α-hetero) is 1. The molecular weight excluding hydrogens is 434 g/mol. The van der Waals surface area contributed by atoms with Crippen LogP contribution in [0, 0.1) is 64.6 Å². The first-order valence-corrected chi connectivity index (χ1v) is 14.7. The molecule has 5 nitrogen and oxygen atoms in total. The third kappa shape index (κ3) is 3.28. The minimum atomic E-state index is 0.0600. The summed E-state index contributed by atoms with van der Waals surface area (Å²) in [4.78, 5) is 28.3. The fourth-order valence-electron chi connectivity index (χ4n) is 10.6. The SMILES string of the molecule is C[C@H]1CC[C@H]2[C@H](CC[C@H]3C4[C@@H]5[C@H](C)[C@@H]5[C@H](C(=O)Cn5cc(C(=O)N6CCC6)cn5)[C@@]4(C)CC[C@H]23)C1. The van der Waals surface area contributed by atoms with E-state index in [9.17, 15) is 9.59 Å². The lowest BCUT2D eigenvalue weighted by Gasteiger charge is -2.57. The summed E-state index contributed by atoms with van der Waals surface area (Å²) in [6.45, 7) is 9.39. The quantitative estimate of drug-likeness (QED) is 0.591. The van der Waals surface area contributed by atoms with Crippen LogP contribution in [0.2, 0.25) is 0 Å². The molecule has 6 fully saturated rings. The van der Waals surface area contributed by atoms with Crippen LogP contribution in [0.5, 0.6) is 0 Å². The molecule has 0 N–H and O–H groups in total. The zero-order valence-electron chi connectivity index (χ0n) is 21.9. The van der Waals surface area contributed by atoms with E-state index in [0.717, 1.165) is 60.9 Å².